The second kappa shape index (κ2) is 12.9. The van der Waals surface area contributed by atoms with Crippen LogP contribution in [-0.2, 0) is 19.1 Å². The molecule has 0 aliphatic rings. The molecule has 11 heteroatoms. The normalized spacial score (nSPS) is 10.7. The summed E-state index contributed by atoms with van der Waals surface area (Å²) in [6, 6.07) is 12.5. The third-order valence-electron chi connectivity index (χ3n) is 5.23. The number of rotatable bonds is 12. The number of benzene rings is 2. The van der Waals surface area contributed by atoms with Crippen LogP contribution in [0.5, 0.6) is 11.5 Å². The zero-order chi connectivity index (χ0) is 26.1. The number of halogens is 1. The molecule has 192 valence electrons. The number of amides is 2. The Kier molecular flexibility index (Phi) is 9.69. The standard InChI is InChI=1S/C25H29ClN4O6/c1-33-10-9-29(24(32)16-34-2)15-23(31)28-25-27-22(17-5-7-18(26)8-6-17)14-30(25)19-11-20(35-3)13-21(12-19)36-4/h5-8,11-14H,9-10,15-16H2,1-4H3,(H,27,28,31). The van der Waals surface area contributed by atoms with Gasteiger partial charge in [0.05, 0.1) is 32.2 Å². The van der Waals surface area contributed by atoms with Crippen LogP contribution in [0.25, 0.3) is 16.9 Å². The van der Waals surface area contributed by atoms with Crippen LogP contribution in [0, 0.1) is 0 Å². The average Bonchev–Trinajstić information content (AvgIpc) is 3.30. The minimum absolute atomic E-state index is 0.143. The van der Waals surface area contributed by atoms with Gasteiger partial charge in [0.2, 0.25) is 17.8 Å². The van der Waals surface area contributed by atoms with Crippen molar-refractivity contribution in [2.24, 2.45) is 0 Å². The Balaban J connectivity index is 1.97. The number of ether oxygens (including phenoxy) is 4. The SMILES string of the molecule is COCCN(CC(=O)Nc1nc(-c2ccc(Cl)cc2)cn1-c1cc(OC)cc(OC)c1)C(=O)COC. The van der Waals surface area contributed by atoms with Crippen LogP contribution in [0.4, 0.5) is 5.95 Å². The molecular weight excluding hydrogens is 488 g/mol. The molecule has 1 heterocycles. The second-order valence-electron chi connectivity index (χ2n) is 7.69. The highest BCUT2D eigenvalue weighted by Crippen LogP contribution is 2.30. The molecule has 1 N–H and O–H groups in total. The van der Waals surface area contributed by atoms with Crippen LogP contribution in [0.1, 0.15) is 0 Å². The quantitative estimate of drug-likeness (QED) is 0.394. The largest absolute Gasteiger partial charge is 0.497 e. The lowest BCUT2D eigenvalue weighted by Gasteiger charge is -2.21. The molecule has 1 aromatic heterocycles. The lowest BCUT2D eigenvalue weighted by molar-refractivity contribution is -0.138. The first kappa shape index (κ1) is 27.0. The van der Waals surface area contributed by atoms with Gasteiger partial charge in [0.25, 0.3) is 0 Å². The fourth-order valence-electron chi connectivity index (χ4n) is 3.40. The minimum atomic E-state index is -0.431. The summed E-state index contributed by atoms with van der Waals surface area (Å²) in [5.74, 6) is 0.636. The topological polar surface area (TPSA) is 104 Å². The van der Waals surface area contributed by atoms with E-state index < -0.39 is 5.91 Å². The third-order valence-corrected chi connectivity index (χ3v) is 5.48. The number of hydrogen-bond donors (Lipinski definition) is 1. The van der Waals surface area contributed by atoms with Crippen LogP contribution in [0.2, 0.25) is 5.02 Å². The van der Waals surface area contributed by atoms with Crippen LogP contribution in [-0.4, -0.2) is 81.0 Å². The molecule has 0 radical (unpaired) electrons. The van der Waals surface area contributed by atoms with Gasteiger partial charge >= 0.3 is 0 Å². The zero-order valence-corrected chi connectivity index (χ0v) is 21.4. The smallest absolute Gasteiger partial charge is 0.249 e. The summed E-state index contributed by atoms with van der Waals surface area (Å²) in [7, 11) is 6.06. The Morgan fingerprint density at radius 3 is 2.25 bits per heavy atom. The Morgan fingerprint density at radius 2 is 1.67 bits per heavy atom. The predicted molar refractivity (Wildman–Crippen MR) is 136 cm³/mol. The summed E-state index contributed by atoms with van der Waals surface area (Å²) in [5, 5.41) is 3.42. The zero-order valence-electron chi connectivity index (χ0n) is 20.6. The molecule has 0 bridgehead atoms. The van der Waals surface area contributed by atoms with Gasteiger partial charge in [-0.25, -0.2) is 4.98 Å². The number of methoxy groups -OCH3 is 4. The Bertz CT molecular complexity index is 1160. The van der Waals surface area contributed by atoms with Crippen molar-refractivity contribution in [2.75, 3.05) is 60.1 Å². The molecule has 0 atom stereocenters. The maximum absolute atomic E-state index is 13.0. The van der Waals surface area contributed by atoms with Crippen molar-refractivity contribution < 1.29 is 28.5 Å². The first-order chi connectivity index (χ1) is 17.4. The summed E-state index contributed by atoms with van der Waals surface area (Å²) in [6.45, 7) is 0.178. The first-order valence-electron chi connectivity index (χ1n) is 11.0. The molecule has 0 saturated heterocycles. The molecular formula is C25H29ClN4O6. The summed E-state index contributed by atoms with van der Waals surface area (Å²) in [6.07, 6.45) is 1.78. The molecule has 10 nitrogen and oxygen atoms in total. The number of imidazole rings is 1. The number of aromatic nitrogens is 2. The van der Waals surface area contributed by atoms with Crippen molar-refractivity contribution in [2.45, 2.75) is 0 Å². The molecule has 0 aliphatic heterocycles. The molecule has 0 aliphatic carbocycles. The van der Waals surface area contributed by atoms with E-state index >= 15 is 0 Å². The number of carbonyl (C=O) groups is 2. The highest BCUT2D eigenvalue weighted by Gasteiger charge is 2.20. The van der Waals surface area contributed by atoms with E-state index in [0.717, 1.165) is 5.56 Å². The van der Waals surface area contributed by atoms with E-state index in [0.29, 0.717) is 27.9 Å². The van der Waals surface area contributed by atoms with Gasteiger partial charge in [-0.3, -0.25) is 19.5 Å². The van der Waals surface area contributed by atoms with E-state index in [1.165, 1.54) is 19.1 Å². The fraction of sp³-hybridized carbons (Fsp3) is 0.320. The predicted octanol–water partition coefficient (Wildman–Crippen LogP) is 3.27. The molecule has 0 spiro atoms. The average molecular weight is 517 g/mol. The lowest BCUT2D eigenvalue weighted by Crippen LogP contribution is -2.41. The van der Waals surface area contributed by atoms with E-state index in [1.54, 1.807) is 55.3 Å². The number of carbonyl (C=O) groups excluding carboxylic acids is 2. The molecule has 2 aromatic carbocycles. The van der Waals surface area contributed by atoms with Crippen LogP contribution in [0.3, 0.4) is 0 Å². The Morgan fingerprint density at radius 1 is 1.00 bits per heavy atom. The van der Waals surface area contributed by atoms with Crippen LogP contribution < -0.4 is 14.8 Å². The molecule has 36 heavy (non-hydrogen) atoms. The summed E-state index contributed by atoms with van der Waals surface area (Å²) >= 11 is 6.04. The van der Waals surface area contributed by atoms with Crippen molar-refractivity contribution >= 4 is 29.4 Å². The molecule has 3 rings (SSSR count). The third kappa shape index (κ3) is 6.97. The first-order valence-corrected chi connectivity index (χ1v) is 11.4. The Hall–Kier alpha value is -3.60. The van der Waals surface area contributed by atoms with E-state index in [1.807, 2.05) is 12.1 Å². The minimum Gasteiger partial charge on any atom is -0.497 e. The maximum Gasteiger partial charge on any atom is 0.249 e. The van der Waals surface area contributed by atoms with Crippen molar-refractivity contribution in [3.63, 3.8) is 0 Å². The van der Waals surface area contributed by atoms with Gasteiger partial charge < -0.3 is 23.8 Å². The van der Waals surface area contributed by atoms with Crippen molar-refractivity contribution in [3.05, 3.63) is 53.7 Å². The number of nitrogens with one attached hydrogen (secondary N) is 1. The van der Waals surface area contributed by atoms with Gasteiger partial charge in [-0.15, -0.1) is 0 Å². The number of anilines is 1. The van der Waals surface area contributed by atoms with Crippen LogP contribution >= 0.6 is 11.6 Å². The summed E-state index contributed by atoms with van der Waals surface area (Å²) in [5.41, 5.74) is 2.07. The molecule has 0 fully saturated rings. The lowest BCUT2D eigenvalue weighted by atomic mass is 10.2. The van der Waals surface area contributed by atoms with Gasteiger partial charge in [0.1, 0.15) is 24.7 Å². The van der Waals surface area contributed by atoms with Gasteiger partial charge in [0.15, 0.2) is 0 Å². The second-order valence-corrected chi connectivity index (χ2v) is 8.12. The summed E-state index contributed by atoms with van der Waals surface area (Å²) < 4.78 is 22.5. The van der Waals surface area contributed by atoms with E-state index in [4.69, 9.17) is 30.5 Å². The van der Waals surface area contributed by atoms with Crippen LogP contribution in [0.15, 0.2) is 48.7 Å². The van der Waals surface area contributed by atoms with E-state index in [2.05, 4.69) is 10.3 Å². The maximum atomic E-state index is 13.0. The van der Waals surface area contributed by atoms with Gasteiger partial charge in [-0.1, -0.05) is 23.7 Å². The molecule has 2 amide bonds. The number of nitrogens with zero attached hydrogens (tertiary/aromatic N) is 3. The van der Waals surface area contributed by atoms with Gasteiger partial charge in [-0.2, -0.15) is 0 Å². The van der Waals surface area contributed by atoms with E-state index in [-0.39, 0.29) is 38.2 Å². The monoisotopic (exact) mass is 516 g/mol. The number of hydrogen-bond acceptors (Lipinski definition) is 7. The van der Waals surface area contributed by atoms with Gasteiger partial charge in [-0.05, 0) is 12.1 Å². The molecule has 0 saturated carbocycles. The summed E-state index contributed by atoms with van der Waals surface area (Å²) in [4.78, 5) is 31.4. The fourth-order valence-corrected chi connectivity index (χ4v) is 3.53. The van der Waals surface area contributed by atoms with Gasteiger partial charge in [0, 0.05) is 55.7 Å². The molecule has 0 unspecified atom stereocenters. The highest BCUT2D eigenvalue weighted by atomic mass is 35.5. The van der Waals surface area contributed by atoms with Crippen molar-refractivity contribution in [1.29, 1.82) is 0 Å². The Labute approximate surface area is 214 Å². The van der Waals surface area contributed by atoms with Crippen molar-refractivity contribution in [1.82, 2.24) is 14.5 Å². The van der Waals surface area contributed by atoms with E-state index in [9.17, 15) is 9.59 Å². The highest BCUT2D eigenvalue weighted by molar-refractivity contribution is 6.30. The molecule has 3 aromatic rings. The van der Waals surface area contributed by atoms with Crippen molar-refractivity contribution in [3.8, 4) is 28.4 Å².